The van der Waals surface area contributed by atoms with E-state index in [1.54, 1.807) is 0 Å². The molecule has 0 fully saturated rings. The number of hydrogen-bond donors (Lipinski definition) is 0. The lowest BCUT2D eigenvalue weighted by Crippen LogP contribution is -2.38. The van der Waals surface area contributed by atoms with E-state index in [0.29, 0.717) is 0 Å². The molecule has 0 saturated carbocycles. The predicted octanol–water partition coefficient (Wildman–Crippen LogP) is 15.4. The third-order valence-electron chi connectivity index (χ3n) is 13.0. The lowest BCUT2D eigenvalue weighted by Gasteiger charge is -2.50. The lowest BCUT2D eigenvalue weighted by molar-refractivity contribution is 0.598. The van der Waals surface area contributed by atoms with E-state index in [1.165, 1.54) is 105 Å². The molecular formula is C56H43N. The quantitative estimate of drug-likeness (QED) is 0.174. The molecule has 0 aliphatic carbocycles. The topological polar surface area (TPSA) is 3.24 Å². The Labute approximate surface area is 335 Å². The molecule has 0 radical (unpaired) electrons. The van der Waals surface area contributed by atoms with E-state index in [4.69, 9.17) is 0 Å². The number of fused-ring (bicyclic) bond motifs is 6. The van der Waals surface area contributed by atoms with Gasteiger partial charge in [0.15, 0.2) is 0 Å². The molecule has 9 aromatic carbocycles. The van der Waals surface area contributed by atoms with Gasteiger partial charge in [-0.1, -0.05) is 161 Å². The smallest absolute Gasteiger partial charge is 0.0544 e. The Morgan fingerprint density at radius 1 is 0.298 bits per heavy atom. The maximum atomic E-state index is 2.58. The average molecular weight is 730 g/mol. The zero-order valence-corrected chi connectivity index (χ0v) is 32.8. The van der Waals surface area contributed by atoms with Crippen molar-refractivity contribution in [1.82, 2.24) is 0 Å². The van der Waals surface area contributed by atoms with Crippen LogP contribution in [0.25, 0.3) is 66.1 Å². The van der Waals surface area contributed by atoms with Gasteiger partial charge in [-0.05, 0) is 143 Å². The molecule has 0 N–H and O–H groups in total. The van der Waals surface area contributed by atoms with Crippen molar-refractivity contribution in [1.29, 1.82) is 0 Å². The van der Waals surface area contributed by atoms with Crippen molar-refractivity contribution in [2.24, 2.45) is 0 Å². The summed E-state index contributed by atoms with van der Waals surface area (Å²) in [4.78, 5) is 2.58. The fraction of sp³-hybridized carbons (Fsp3) is 0.107. The van der Waals surface area contributed by atoms with Gasteiger partial charge in [-0.15, -0.1) is 0 Å². The average Bonchev–Trinajstić information content (AvgIpc) is 3.25. The van der Waals surface area contributed by atoms with Gasteiger partial charge in [0.25, 0.3) is 0 Å². The van der Waals surface area contributed by atoms with E-state index >= 15 is 0 Å². The number of benzene rings is 9. The second-order valence-electron chi connectivity index (χ2n) is 17.0. The van der Waals surface area contributed by atoms with Crippen LogP contribution < -0.4 is 4.90 Å². The summed E-state index contributed by atoms with van der Waals surface area (Å²) in [6.07, 6.45) is 0. The van der Waals surface area contributed by atoms with Crippen molar-refractivity contribution in [3.05, 3.63) is 210 Å². The van der Waals surface area contributed by atoms with Gasteiger partial charge in [0, 0.05) is 10.8 Å². The zero-order chi connectivity index (χ0) is 38.5. The van der Waals surface area contributed by atoms with E-state index in [9.17, 15) is 0 Å². The number of hydrogen-bond acceptors (Lipinski definition) is 1. The highest BCUT2D eigenvalue weighted by Gasteiger charge is 2.46. The first-order chi connectivity index (χ1) is 27.8. The molecule has 2 heterocycles. The predicted molar refractivity (Wildman–Crippen MR) is 242 cm³/mol. The Kier molecular flexibility index (Phi) is 7.32. The van der Waals surface area contributed by atoms with Crippen LogP contribution in [0.1, 0.15) is 49.9 Å². The van der Waals surface area contributed by atoms with Crippen LogP contribution in [0.4, 0.5) is 17.1 Å². The molecule has 0 amide bonds. The van der Waals surface area contributed by atoms with Gasteiger partial charge in [-0.25, -0.2) is 0 Å². The van der Waals surface area contributed by atoms with Crippen molar-refractivity contribution in [2.75, 3.05) is 4.90 Å². The molecule has 0 unspecified atom stereocenters. The molecule has 0 atom stereocenters. The van der Waals surface area contributed by atoms with E-state index in [0.717, 1.165) is 0 Å². The first kappa shape index (κ1) is 33.6. The van der Waals surface area contributed by atoms with Crippen LogP contribution in [0.2, 0.25) is 0 Å². The van der Waals surface area contributed by atoms with Crippen LogP contribution in [-0.2, 0) is 10.8 Å². The minimum Gasteiger partial charge on any atom is -0.309 e. The van der Waals surface area contributed by atoms with E-state index in [2.05, 4.69) is 221 Å². The van der Waals surface area contributed by atoms with Crippen LogP contribution in [0.3, 0.4) is 0 Å². The minimum absolute atomic E-state index is 0.222. The molecule has 2 aliphatic rings. The molecule has 0 aromatic heterocycles. The second-order valence-corrected chi connectivity index (χ2v) is 17.0. The van der Waals surface area contributed by atoms with Crippen LogP contribution >= 0.6 is 0 Å². The Bertz CT molecular complexity index is 3060. The highest BCUT2D eigenvalue weighted by atomic mass is 15.2. The largest absolute Gasteiger partial charge is 0.309 e. The normalized spacial score (nSPS) is 14.6. The third kappa shape index (κ3) is 5.08. The maximum Gasteiger partial charge on any atom is 0.0544 e. The van der Waals surface area contributed by atoms with Gasteiger partial charge in [0.05, 0.1) is 17.1 Å². The summed E-state index contributed by atoms with van der Waals surface area (Å²) >= 11 is 0. The Hall–Kier alpha value is -6.70. The molecule has 272 valence electrons. The fourth-order valence-corrected chi connectivity index (χ4v) is 9.91. The van der Waals surface area contributed by atoms with E-state index < -0.39 is 0 Å². The monoisotopic (exact) mass is 729 g/mol. The third-order valence-corrected chi connectivity index (χ3v) is 13.0. The Morgan fingerprint density at radius 3 is 1.21 bits per heavy atom. The van der Waals surface area contributed by atoms with Gasteiger partial charge >= 0.3 is 0 Å². The molecule has 0 spiro atoms. The summed E-state index contributed by atoms with van der Waals surface area (Å²) in [5.74, 6) is 0. The van der Waals surface area contributed by atoms with Gasteiger partial charge < -0.3 is 4.90 Å². The van der Waals surface area contributed by atoms with Crippen LogP contribution in [-0.4, -0.2) is 0 Å². The summed E-state index contributed by atoms with van der Waals surface area (Å²) in [5.41, 5.74) is 18.7. The first-order valence-electron chi connectivity index (χ1n) is 20.2. The Balaban J connectivity index is 1.19. The zero-order valence-electron chi connectivity index (χ0n) is 32.8. The SMILES string of the molecule is CC1(C)c2ccccc2N2c3ccc(-c4cc5ccccc5cc4-c4ccccc4)cc3C(C)(C)c3cc(-c4cc5ccccc5cc4-c4ccccc4)cc1c32. The molecule has 1 heteroatoms. The summed E-state index contributed by atoms with van der Waals surface area (Å²) in [6, 6.07) is 70.2. The van der Waals surface area contributed by atoms with Gasteiger partial charge in [0.1, 0.15) is 0 Å². The summed E-state index contributed by atoms with van der Waals surface area (Å²) in [5, 5.41) is 5.01. The van der Waals surface area contributed by atoms with Gasteiger partial charge in [-0.3, -0.25) is 0 Å². The van der Waals surface area contributed by atoms with Crippen LogP contribution in [0.5, 0.6) is 0 Å². The van der Waals surface area contributed by atoms with Gasteiger partial charge in [-0.2, -0.15) is 0 Å². The number of nitrogens with zero attached hydrogens (tertiary/aromatic N) is 1. The van der Waals surface area contributed by atoms with E-state index in [-0.39, 0.29) is 10.8 Å². The molecule has 9 aromatic rings. The molecule has 0 bridgehead atoms. The standard InChI is InChI=1S/C56H43N/c1-55(2)48-25-15-16-26-52(48)57-53-28-27-42(46-31-40-23-13-11-21-38(40)29-44(46)36-17-7-5-8-18-36)33-49(53)56(3,4)51-35-43(34-50(55)54(51)57)47-32-41-24-14-12-22-39(41)30-45(47)37-19-9-6-10-20-37/h5-35H,1-4H3. The molecule has 57 heavy (non-hydrogen) atoms. The lowest BCUT2D eigenvalue weighted by atomic mass is 9.65. The number of para-hydroxylation sites is 1. The number of anilines is 3. The molecule has 1 nitrogen and oxygen atoms in total. The molecular weight excluding hydrogens is 687 g/mol. The van der Waals surface area contributed by atoms with Crippen LogP contribution in [0.15, 0.2) is 188 Å². The van der Waals surface area contributed by atoms with Crippen LogP contribution in [0, 0.1) is 0 Å². The summed E-state index contributed by atoms with van der Waals surface area (Å²) in [7, 11) is 0. The van der Waals surface area contributed by atoms with Crippen molar-refractivity contribution in [2.45, 2.75) is 38.5 Å². The molecule has 0 saturated heterocycles. The summed E-state index contributed by atoms with van der Waals surface area (Å²) < 4.78 is 0. The van der Waals surface area contributed by atoms with Crippen molar-refractivity contribution < 1.29 is 0 Å². The Morgan fingerprint density at radius 2 is 0.684 bits per heavy atom. The molecule has 2 aliphatic heterocycles. The minimum atomic E-state index is -0.308. The second kappa shape index (κ2) is 12.4. The van der Waals surface area contributed by atoms with Crippen molar-refractivity contribution in [3.8, 4) is 44.5 Å². The summed E-state index contributed by atoms with van der Waals surface area (Å²) in [6.45, 7) is 9.71. The highest BCUT2D eigenvalue weighted by Crippen LogP contribution is 2.61. The molecule has 11 rings (SSSR count). The fourth-order valence-electron chi connectivity index (χ4n) is 9.91. The first-order valence-corrected chi connectivity index (χ1v) is 20.2. The van der Waals surface area contributed by atoms with Gasteiger partial charge in [0.2, 0.25) is 0 Å². The number of rotatable bonds is 4. The van der Waals surface area contributed by atoms with E-state index in [1.807, 2.05) is 0 Å². The van der Waals surface area contributed by atoms with Crippen molar-refractivity contribution in [3.63, 3.8) is 0 Å². The van der Waals surface area contributed by atoms with Crippen molar-refractivity contribution >= 4 is 38.6 Å². The maximum absolute atomic E-state index is 2.58. The highest BCUT2D eigenvalue weighted by molar-refractivity contribution is 6.01.